The summed E-state index contributed by atoms with van der Waals surface area (Å²) in [6.45, 7) is 5.17. The maximum atomic E-state index is 12.4. The molecule has 0 saturated carbocycles. The smallest absolute Gasteiger partial charge is 0.334 e. The molecule has 7 heteroatoms. The van der Waals surface area contributed by atoms with Crippen LogP contribution in [0.15, 0.2) is 39.9 Å². The van der Waals surface area contributed by atoms with Crippen LogP contribution in [0.2, 0.25) is 5.02 Å². The summed E-state index contributed by atoms with van der Waals surface area (Å²) in [6, 6.07) is 8.18. The van der Waals surface area contributed by atoms with Crippen molar-refractivity contribution < 1.29 is 4.74 Å². The van der Waals surface area contributed by atoms with Crippen LogP contribution >= 0.6 is 11.6 Å². The fraction of sp³-hybridized carbons (Fsp3) is 0.375. The Balaban J connectivity index is 2.03. The molecular formula is C16H18ClN3O3. The van der Waals surface area contributed by atoms with Gasteiger partial charge in [-0.3, -0.25) is 9.78 Å². The standard InChI is InChI=1S/C16H18ClN3O3/c1-10-8-19(9-11(2)23-10)14-7-15(21)20(16(22)18-14)13-6-4-3-5-12(13)17/h3-7,10-11H,8-9H2,1-2H3,(H,18,22)/t10-,11-/m1/s1. The van der Waals surface area contributed by atoms with Gasteiger partial charge in [-0.25, -0.2) is 9.36 Å². The van der Waals surface area contributed by atoms with E-state index in [0.29, 0.717) is 29.6 Å². The molecule has 0 bridgehead atoms. The van der Waals surface area contributed by atoms with E-state index in [1.165, 1.54) is 6.07 Å². The van der Waals surface area contributed by atoms with Crippen molar-refractivity contribution in [3.8, 4) is 5.69 Å². The lowest BCUT2D eigenvalue weighted by molar-refractivity contribution is -0.00549. The average molecular weight is 336 g/mol. The topological polar surface area (TPSA) is 67.3 Å². The number of hydrogen-bond donors (Lipinski definition) is 1. The third kappa shape index (κ3) is 3.18. The van der Waals surface area contributed by atoms with Gasteiger partial charge in [-0.05, 0) is 26.0 Å². The summed E-state index contributed by atoms with van der Waals surface area (Å²) >= 11 is 6.09. The van der Waals surface area contributed by atoms with E-state index in [0.717, 1.165) is 4.57 Å². The summed E-state index contributed by atoms with van der Waals surface area (Å²) in [5.41, 5.74) is -0.549. The fourth-order valence-electron chi connectivity index (χ4n) is 2.89. The fourth-order valence-corrected chi connectivity index (χ4v) is 3.11. The number of H-pyrrole nitrogens is 1. The Labute approximate surface area is 138 Å². The lowest BCUT2D eigenvalue weighted by Gasteiger charge is -2.36. The Kier molecular flexibility index (Phi) is 4.28. The number of nitrogens with zero attached hydrogens (tertiary/aromatic N) is 2. The molecule has 1 N–H and O–H groups in total. The zero-order valence-electron chi connectivity index (χ0n) is 13.0. The maximum Gasteiger partial charge on any atom is 0.334 e. The van der Waals surface area contributed by atoms with Crippen LogP contribution in [0, 0.1) is 0 Å². The highest BCUT2D eigenvalue weighted by atomic mass is 35.5. The molecule has 2 aromatic rings. The second-order valence-corrected chi connectivity index (χ2v) is 6.15. The second kappa shape index (κ2) is 6.22. The van der Waals surface area contributed by atoms with E-state index in [9.17, 15) is 9.59 Å². The molecule has 0 aliphatic carbocycles. The van der Waals surface area contributed by atoms with Crippen LogP contribution in [0.4, 0.5) is 5.82 Å². The van der Waals surface area contributed by atoms with Crippen LogP contribution < -0.4 is 16.1 Å². The molecule has 122 valence electrons. The van der Waals surface area contributed by atoms with E-state index < -0.39 is 11.2 Å². The van der Waals surface area contributed by atoms with Crippen molar-refractivity contribution in [1.29, 1.82) is 0 Å². The molecule has 3 rings (SSSR count). The Morgan fingerprint density at radius 1 is 1.17 bits per heavy atom. The molecule has 1 aliphatic rings. The highest BCUT2D eigenvalue weighted by Crippen LogP contribution is 2.18. The van der Waals surface area contributed by atoms with E-state index in [2.05, 4.69) is 4.98 Å². The highest BCUT2D eigenvalue weighted by molar-refractivity contribution is 6.32. The van der Waals surface area contributed by atoms with Crippen molar-refractivity contribution in [3.63, 3.8) is 0 Å². The molecule has 1 aliphatic heterocycles. The minimum absolute atomic E-state index is 0.0354. The maximum absolute atomic E-state index is 12.4. The minimum atomic E-state index is -0.507. The zero-order valence-corrected chi connectivity index (χ0v) is 13.7. The lowest BCUT2D eigenvalue weighted by atomic mass is 10.2. The van der Waals surface area contributed by atoms with Crippen LogP contribution in [0.25, 0.3) is 5.69 Å². The number of para-hydroxylation sites is 1. The van der Waals surface area contributed by atoms with Gasteiger partial charge in [0.2, 0.25) is 0 Å². The number of ether oxygens (including phenoxy) is 1. The van der Waals surface area contributed by atoms with E-state index in [-0.39, 0.29) is 12.2 Å². The van der Waals surface area contributed by atoms with Crippen molar-refractivity contribution in [2.75, 3.05) is 18.0 Å². The van der Waals surface area contributed by atoms with Gasteiger partial charge < -0.3 is 9.64 Å². The number of nitrogens with one attached hydrogen (secondary N) is 1. The highest BCUT2D eigenvalue weighted by Gasteiger charge is 2.24. The molecular weight excluding hydrogens is 318 g/mol. The van der Waals surface area contributed by atoms with Gasteiger partial charge in [0.1, 0.15) is 5.82 Å². The van der Waals surface area contributed by atoms with Crippen LogP contribution in [-0.2, 0) is 4.74 Å². The van der Waals surface area contributed by atoms with Gasteiger partial charge >= 0.3 is 5.69 Å². The molecule has 23 heavy (non-hydrogen) atoms. The van der Waals surface area contributed by atoms with Crippen molar-refractivity contribution in [2.45, 2.75) is 26.1 Å². The first-order valence-corrected chi connectivity index (χ1v) is 7.85. The van der Waals surface area contributed by atoms with Crippen LogP contribution in [0.5, 0.6) is 0 Å². The van der Waals surface area contributed by atoms with Gasteiger partial charge in [-0.15, -0.1) is 0 Å². The van der Waals surface area contributed by atoms with Crippen LogP contribution in [0.3, 0.4) is 0 Å². The van der Waals surface area contributed by atoms with Crippen molar-refractivity contribution >= 4 is 17.4 Å². The lowest BCUT2D eigenvalue weighted by Crippen LogP contribution is -2.47. The van der Waals surface area contributed by atoms with Crippen LogP contribution in [-0.4, -0.2) is 34.8 Å². The van der Waals surface area contributed by atoms with Gasteiger partial charge in [0.05, 0.1) is 22.9 Å². The minimum Gasteiger partial charge on any atom is -0.372 e. The van der Waals surface area contributed by atoms with Gasteiger partial charge in [0.15, 0.2) is 0 Å². The summed E-state index contributed by atoms with van der Waals surface area (Å²) in [6.07, 6.45) is 0.0708. The molecule has 0 amide bonds. The Morgan fingerprint density at radius 2 is 1.83 bits per heavy atom. The second-order valence-electron chi connectivity index (χ2n) is 5.75. The molecule has 1 aromatic heterocycles. The number of morpholine rings is 1. The van der Waals surface area contributed by atoms with Crippen molar-refractivity contribution in [3.05, 3.63) is 56.2 Å². The molecule has 1 aromatic carbocycles. The summed E-state index contributed by atoms with van der Waals surface area (Å²) < 4.78 is 6.71. The van der Waals surface area contributed by atoms with Crippen LogP contribution in [0.1, 0.15) is 13.8 Å². The van der Waals surface area contributed by atoms with E-state index in [1.807, 2.05) is 18.7 Å². The van der Waals surface area contributed by atoms with E-state index in [4.69, 9.17) is 16.3 Å². The number of benzene rings is 1. The number of rotatable bonds is 2. The number of hydrogen-bond acceptors (Lipinski definition) is 4. The molecule has 1 saturated heterocycles. The Bertz CT molecular complexity index is 789. The molecule has 0 unspecified atom stereocenters. The van der Waals surface area contributed by atoms with Crippen molar-refractivity contribution in [1.82, 2.24) is 9.55 Å². The Morgan fingerprint density at radius 3 is 2.43 bits per heavy atom. The third-order valence-electron chi connectivity index (χ3n) is 3.77. The SMILES string of the molecule is C[C@@H]1CN(c2cc(=O)n(-c3ccccc3Cl)c(=O)[nH]2)C[C@@H](C)O1. The monoisotopic (exact) mass is 335 g/mol. The van der Waals surface area contributed by atoms with Gasteiger partial charge in [0, 0.05) is 19.2 Å². The summed E-state index contributed by atoms with van der Waals surface area (Å²) in [4.78, 5) is 29.6. The number of anilines is 1. The van der Waals surface area contributed by atoms with Gasteiger partial charge in [0.25, 0.3) is 5.56 Å². The molecule has 0 radical (unpaired) electrons. The predicted octanol–water partition coefficient (Wildman–Crippen LogP) is 1.79. The first-order valence-electron chi connectivity index (χ1n) is 7.47. The third-order valence-corrected chi connectivity index (χ3v) is 4.09. The molecule has 6 nitrogen and oxygen atoms in total. The summed E-state index contributed by atoms with van der Waals surface area (Å²) in [5.74, 6) is 0.505. The molecule has 1 fully saturated rings. The number of halogens is 1. The van der Waals surface area contributed by atoms with Gasteiger partial charge in [-0.2, -0.15) is 0 Å². The number of aromatic amines is 1. The molecule has 0 spiro atoms. The first-order chi connectivity index (χ1) is 11.0. The first kappa shape index (κ1) is 15.8. The van der Waals surface area contributed by atoms with Crippen molar-refractivity contribution in [2.24, 2.45) is 0 Å². The normalized spacial score (nSPS) is 21.4. The van der Waals surface area contributed by atoms with E-state index >= 15 is 0 Å². The van der Waals surface area contributed by atoms with E-state index in [1.54, 1.807) is 24.3 Å². The Hall–Kier alpha value is -2.05. The zero-order chi connectivity index (χ0) is 16.6. The average Bonchev–Trinajstić information content (AvgIpc) is 2.47. The number of aromatic nitrogens is 2. The predicted molar refractivity (Wildman–Crippen MR) is 89.9 cm³/mol. The quantitative estimate of drug-likeness (QED) is 0.908. The molecule has 2 atom stereocenters. The summed E-state index contributed by atoms with van der Waals surface area (Å²) in [7, 11) is 0. The van der Waals surface area contributed by atoms with Gasteiger partial charge in [-0.1, -0.05) is 23.7 Å². The summed E-state index contributed by atoms with van der Waals surface area (Å²) in [5, 5.41) is 0.349. The molecule has 2 heterocycles. The largest absolute Gasteiger partial charge is 0.372 e.